The highest BCUT2D eigenvalue weighted by Gasteiger charge is 2.33. The van der Waals surface area contributed by atoms with Gasteiger partial charge >= 0.3 is 18.6 Å². The quantitative estimate of drug-likeness (QED) is 0.309. The number of hydrogen-bond donors (Lipinski definition) is 0. The van der Waals surface area contributed by atoms with Crippen LogP contribution >= 0.6 is 27.5 Å². The number of nitrogens with zero attached hydrogens (tertiary/aromatic N) is 2. The molecule has 12 heteroatoms. The van der Waals surface area contributed by atoms with E-state index in [-0.39, 0.29) is 57.5 Å². The van der Waals surface area contributed by atoms with Gasteiger partial charge in [-0.1, -0.05) is 11.6 Å². The van der Waals surface area contributed by atoms with Crippen molar-refractivity contribution < 1.29 is 37.0 Å². The number of aromatic nitrogens is 2. The zero-order valence-electron chi connectivity index (χ0n) is 18.0. The van der Waals surface area contributed by atoms with Crippen molar-refractivity contribution in [3.05, 3.63) is 62.7 Å². The minimum Gasteiger partial charge on any atom is -0.466 e. The monoisotopic (exact) mass is 562 g/mol. The smallest absolute Gasteiger partial charge is 0.387 e. The third-order valence-corrected chi connectivity index (χ3v) is 5.56. The van der Waals surface area contributed by atoms with Crippen LogP contribution in [0.15, 0.2) is 34.9 Å². The Hall–Kier alpha value is -2.79. The third-order valence-electron chi connectivity index (χ3n) is 4.74. The van der Waals surface area contributed by atoms with Gasteiger partial charge < -0.3 is 18.6 Å². The summed E-state index contributed by atoms with van der Waals surface area (Å²) in [6, 6.07) is 4.99. The Balaban J connectivity index is 2.35. The molecule has 0 bridgehead atoms. The number of halogens is 5. The predicted molar refractivity (Wildman–Crippen MR) is 120 cm³/mol. The summed E-state index contributed by atoms with van der Waals surface area (Å²) in [6.07, 6.45) is 0.926. The third kappa shape index (κ3) is 5.64. The lowest BCUT2D eigenvalue weighted by Gasteiger charge is -2.21. The highest BCUT2D eigenvalue weighted by Crippen LogP contribution is 2.39. The van der Waals surface area contributed by atoms with Gasteiger partial charge in [0, 0.05) is 28.8 Å². The summed E-state index contributed by atoms with van der Waals surface area (Å²) in [5.74, 6) is -3.53. The Kier molecular flexibility index (Phi) is 8.42. The van der Waals surface area contributed by atoms with E-state index in [0.29, 0.717) is 0 Å². The number of carbonyl (C=O) groups excluding carboxylic acids is 2. The second kappa shape index (κ2) is 11.1. The fourth-order valence-corrected chi connectivity index (χ4v) is 3.98. The Morgan fingerprint density at radius 3 is 2.53 bits per heavy atom. The van der Waals surface area contributed by atoms with Gasteiger partial charge in [-0.05, 0) is 48.0 Å². The molecule has 34 heavy (non-hydrogen) atoms. The first kappa shape index (κ1) is 25.8. The molecule has 0 saturated carbocycles. The van der Waals surface area contributed by atoms with E-state index in [1.54, 1.807) is 13.8 Å². The lowest BCUT2D eigenvalue weighted by atomic mass is 9.90. The molecule has 1 aromatic carbocycles. The Labute approximate surface area is 205 Å². The largest absolute Gasteiger partial charge is 0.466 e. The first-order valence-electron chi connectivity index (χ1n) is 10.1. The number of fused-ring (bicyclic) bond motifs is 1. The summed E-state index contributed by atoms with van der Waals surface area (Å²) in [4.78, 5) is 29.5. The number of benzene rings is 1. The number of hydrogen-bond acceptors (Lipinski definition) is 6. The fraction of sp³-hybridized carbons (Fsp3) is 0.318. The zero-order valence-corrected chi connectivity index (χ0v) is 20.3. The van der Waals surface area contributed by atoms with E-state index in [1.807, 2.05) is 0 Å². The van der Waals surface area contributed by atoms with Crippen LogP contribution in [0, 0.1) is 5.82 Å². The minimum atomic E-state index is -3.17. The summed E-state index contributed by atoms with van der Waals surface area (Å²) in [7, 11) is 0. The van der Waals surface area contributed by atoms with Crippen molar-refractivity contribution in [2.75, 3.05) is 13.2 Å². The molecule has 3 rings (SSSR count). The summed E-state index contributed by atoms with van der Waals surface area (Å²) in [6.45, 7) is 0.110. The number of esters is 2. The van der Waals surface area contributed by atoms with Gasteiger partial charge in [-0.3, -0.25) is 4.79 Å². The second-order valence-corrected chi connectivity index (χ2v) is 8.18. The topological polar surface area (TPSA) is 79.1 Å². The Morgan fingerprint density at radius 1 is 1.18 bits per heavy atom. The standard InChI is InChI=1S/C22H19BrClF3N2O5/c1-3-32-18(30)8-13(12-7-11(24)5-6-16(12)34-22(26)27)20-19(21(31)33-4-2)28-17-9-15(25)14(23)10-29(17)20/h5-7,9-10,13,22H,3-4,8H2,1-2H3. The molecule has 182 valence electrons. The molecule has 1 atom stereocenters. The number of carbonyl (C=O) groups is 2. The number of pyridine rings is 1. The highest BCUT2D eigenvalue weighted by atomic mass is 79.9. The van der Waals surface area contributed by atoms with E-state index in [9.17, 15) is 22.8 Å². The maximum absolute atomic E-state index is 14.2. The lowest BCUT2D eigenvalue weighted by molar-refractivity contribution is -0.143. The summed E-state index contributed by atoms with van der Waals surface area (Å²) in [5, 5.41) is 0.171. The molecule has 0 aliphatic heterocycles. The Morgan fingerprint density at radius 2 is 1.88 bits per heavy atom. The predicted octanol–water partition coefficient (Wildman–Crippen LogP) is 5.75. The average Bonchev–Trinajstić information content (AvgIpc) is 3.12. The molecular weight excluding hydrogens is 545 g/mol. The van der Waals surface area contributed by atoms with E-state index in [0.717, 1.165) is 6.07 Å². The maximum Gasteiger partial charge on any atom is 0.387 e. The van der Waals surface area contributed by atoms with Gasteiger partial charge in [0.25, 0.3) is 0 Å². The van der Waals surface area contributed by atoms with E-state index in [4.69, 9.17) is 21.1 Å². The summed E-state index contributed by atoms with van der Waals surface area (Å²) < 4.78 is 56.8. The SMILES string of the molecule is CCOC(=O)CC(c1cc(Cl)ccc1OC(F)F)c1c(C(=O)OCC)nc2cc(F)c(Br)cn12. The minimum absolute atomic E-state index is 0.0175. The number of ether oxygens (including phenoxy) is 3. The van der Waals surface area contributed by atoms with Crippen molar-refractivity contribution in [2.45, 2.75) is 32.8 Å². The van der Waals surface area contributed by atoms with Gasteiger partial charge in [-0.25, -0.2) is 14.2 Å². The number of rotatable bonds is 9. The molecule has 0 aliphatic carbocycles. The van der Waals surface area contributed by atoms with Crippen molar-refractivity contribution >= 4 is 45.1 Å². The molecule has 0 fully saturated rings. The van der Waals surface area contributed by atoms with Crippen molar-refractivity contribution in [3.8, 4) is 5.75 Å². The van der Waals surface area contributed by atoms with Gasteiger partial charge in [0.05, 0.1) is 29.8 Å². The van der Waals surface area contributed by atoms with E-state index in [2.05, 4.69) is 25.7 Å². The van der Waals surface area contributed by atoms with Crippen LogP contribution in [0.3, 0.4) is 0 Å². The van der Waals surface area contributed by atoms with E-state index in [1.165, 1.54) is 28.8 Å². The van der Waals surface area contributed by atoms with Gasteiger partial charge in [-0.15, -0.1) is 0 Å². The molecule has 2 aromatic heterocycles. The molecule has 0 N–H and O–H groups in total. The summed E-state index contributed by atoms with van der Waals surface area (Å²) in [5.41, 5.74) is -0.0279. The van der Waals surface area contributed by atoms with Crippen LogP contribution in [0.4, 0.5) is 13.2 Å². The molecule has 3 aromatic rings. The van der Waals surface area contributed by atoms with Crippen molar-refractivity contribution in [2.24, 2.45) is 0 Å². The molecule has 0 saturated heterocycles. The molecule has 7 nitrogen and oxygen atoms in total. The van der Waals surface area contributed by atoms with Crippen LogP contribution in [0.25, 0.3) is 5.65 Å². The highest BCUT2D eigenvalue weighted by molar-refractivity contribution is 9.10. The molecule has 1 unspecified atom stereocenters. The molecule has 0 spiro atoms. The molecule has 0 amide bonds. The lowest BCUT2D eigenvalue weighted by Crippen LogP contribution is -2.18. The molecule has 0 aliphatic rings. The van der Waals surface area contributed by atoms with Crippen LogP contribution in [0.5, 0.6) is 5.75 Å². The maximum atomic E-state index is 14.2. The fourth-order valence-electron chi connectivity index (χ4n) is 3.48. The van der Waals surface area contributed by atoms with Gasteiger partial charge in [0.2, 0.25) is 0 Å². The van der Waals surface area contributed by atoms with Crippen LogP contribution in [-0.4, -0.2) is 41.1 Å². The van der Waals surface area contributed by atoms with Crippen molar-refractivity contribution in [3.63, 3.8) is 0 Å². The van der Waals surface area contributed by atoms with Crippen LogP contribution in [0.2, 0.25) is 5.02 Å². The van der Waals surface area contributed by atoms with Gasteiger partial charge in [-0.2, -0.15) is 8.78 Å². The normalized spacial score (nSPS) is 12.1. The number of imidazole rings is 1. The van der Waals surface area contributed by atoms with Crippen LogP contribution < -0.4 is 4.74 Å². The first-order valence-corrected chi connectivity index (χ1v) is 11.3. The molecule has 0 radical (unpaired) electrons. The van der Waals surface area contributed by atoms with Crippen LogP contribution in [-0.2, 0) is 14.3 Å². The molecule has 2 heterocycles. The number of alkyl halides is 2. The Bertz CT molecular complexity index is 1220. The van der Waals surface area contributed by atoms with Gasteiger partial charge in [0.15, 0.2) is 5.69 Å². The van der Waals surface area contributed by atoms with Crippen molar-refractivity contribution in [1.29, 1.82) is 0 Å². The van der Waals surface area contributed by atoms with E-state index < -0.39 is 30.3 Å². The zero-order chi connectivity index (χ0) is 25.0. The average molecular weight is 564 g/mol. The second-order valence-electron chi connectivity index (χ2n) is 6.89. The van der Waals surface area contributed by atoms with Crippen LogP contribution in [0.1, 0.15) is 47.9 Å². The van der Waals surface area contributed by atoms with E-state index >= 15 is 0 Å². The summed E-state index contributed by atoms with van der Waals surface area (Å²) >= 11 is 9.23. The first-order chi connectivity index (χ1) is 16.2. The molecular formula is C22H19BrClF3N2O5. The van der Waals surface area contributed by atoms with Gasteiger partial charge in [0.1, 0.15) is 17.2 Å². The van der Waals surface area contributed by atoms with Crippen molar-refractivity contribution in [1.82, 2.24) is 9.38 Å².